The zero-order valence-electron chi connectivity index (χ0n) is 70.3. The van der Waals surface area contributed by atoms with E-state index in [2.05, 4.69) is 34.6 Å². The highest BCUT2D eigenvalue weighted by Gasteiger charge is 2.30. The van der Waals surface area contributed by atoms with Gasteiger partial charge >= 0.3 is 39.5 Å². The van der Waals surface area contributed by atoms with Gasteiger partial charge in [-0.1, -0.05) is 426 Å². The first-order valence-electron chi connectivity index (χ1n) is 45.7. The quantitative estimate of drug-likeness (QED) is 0.0222. The summed E-state index contributed by atoms with van der Waals surface area (Å²) in [7, 11) is -9.93. The topological polar surface area (TPSA) is 237 Å². The molecule has 19 heteroatoms. The molecule has 0 spiro atoms. The Morgan fingerprint density at radius 3 is 0.664 bits per heavy atom. The second-order valence-electron chi connectivity index (χ2n) is 31.9. The van der Waals surface area contributed by atoms with Crippen molar-refractivity contribution in [1.29, 1.82) is 0 Å². The number of phosphoric acid groups is 2. The highest BCUT2D eigenvalue weighted by Crippen LogP contribution is 2.45. The zero-order chi connectivity index (χ0) is 78.3. The van der Waals surface area contributed by atoms with Gasteiger partial charge in [-0.2, -0.15) is 0 Å². The van der Waals surface area contributed by atoms with E-state index in [1.54, 1.807) is 0 Å². The van der Waals surface area contributed by atoms with Gasteiger partial charge in [-0.05, 0) is 31.6 Å². The lowest BCUT2D eigenvalue weighted by Crippen LogP contribution is -2.30. The van der Waals surface area contributed by atoms with Crippen LogP contribution in [0.2, 0.25) is 0 Å². The van der Waals surface area contributed by atoms with Crippen LogP contribution in [0, 0.1) is 5.92 Å². The molecule has 0 aliphatic carbocycles. The highest BCUT2D eigenvalue weighted by molar-refractivity contribution is 7.47. The molecule has 107 heavy (non-hydrogen) atoms. The Morgan fingerprint density at radius 1 is 0.262 bits per heavy atom. The number of unbranched alkanes of at least 4 members (excludes halogenated alkanes) is 59. The van der Waals surface area contributed by atoms with E-state index in [0.29, 0.717) is 25.7 Å². The predicted octanol–water partition coefficient (Wildman–Crippen LogP) is 27.2. The van der Waals surface area contributed by atoms with E-state index in [4.69, 9.17) is 37.0 Å². The summed E-state index contributed by atoms with van der Waals surface area (Å²) in [5, 5.41) is 10.7. The number of hydrogen-bond donors (Lipinski definition) is 3. The summed E-state index contributed by atoms with van der Waals surface area (Å²) in [6.07, 6.45) is 75.2. The molecule has 0 aromatic rings. The van der Waals surface area contributed by atoms with E-state index in [1.165, 1.54) is 295 Å². The summed E-state index contributed by atoms with van der Waals surface area (Å²) < 4.78 is 68.9. The molecule has 0 heterocycles. The largest absolute Gasteiger partial charge is 0.472 e. The van der Waals surface area contributed by atoms with Gasteiger partial charge in [0.05, 0.1) is 26.4 Å². The van der Waals surface area contributed by atoms with Gasteiger partial charge in [0.1, 0.15) is 19.3 Å². The van der Waals surface area contributed by atoms with Crippen LogP contribution >= 0.6 is 15.6 Å². The van der Waals surface area contributed by atoms with Crippen molar-refractivity contribution in [3.05, 3.63) is 0 Å². The molecule has 17 nitrogen and oxygen atoms in total. The molecule has 636 valence electrons. The van der Waals surface area contributed by atoms with E-state index >= 15 is 0 Å². The summed E-state index contributed by atoms with van der Waals surface area (Å²) in [6.45, 7) is 7.40. The molecule has 0 radical (unpaired) electrons. The van der Waals surface area contributed by atoms with Crippen LogP contribution in [0.25, 0.3) is 0 Å². The molecule has 0 aliphatic heterocycles. The third-order valence-electron chi connectivity index (χ3n) is 21.1. The van der Waals surface area contributed by atoms with Crippen LogP contribution < -0.4 is 0 Å². The fourth-order valence-electron chi connectivity index (χ4n) is 13.8. The van der Waals surface area contributed by atoms with Crippen molar-refractivity contribution in [2.24, 2.45) is 5.92 Å². The second-order valence-corrected chi connectivity index (χ2v) is 34.8. The lowest BCUT2D eigenvalue weighted by Gasteiger charge is -2.21. The van der Waals surface area contributed by atoms with Crippen LogP contribution in [0.4, 0.5) is 0 Å². The van der Waals surface area contributed by atoms with Gasteiger partial charge in [0.25, 0.3) is 0 Å². The number of hydrogen-bond acceptors (Lipinski definition) is 15. The predicted molar refractivity (Wildman–Crippen MR) is 442 cm³/mol. The molecule has 0 bridgehead atoms. The summed E-state index contributed by atoms with van der Waals surface area (Å²) >= 11 is 0. The number of rotatable bonds is 88. The van der Waals surface area contributed by atoms with Gasteiger partial charge in [0, 0.05) is 25.7 Å². The number of phosphoric ester groups is 2. The van der Waals surface area contributed by atoms with Gasteiger partial charge in [0.15, 0.2) is 12.2 Å². The first-order chi connectivity index (χ1) is 52.1. The third-order valence-corrected chi connectivity index (χ3v) is 23.0. The van der Waals surface area contributed by atoms with Gasteiger partial charge < -0.3 is 33.8 Å². The van der Waals surface area contributed by atoms with E-state index in [-0.39, 0.29) is 25.7 Å². The lowest BCUT2D eigenvalue weighted by atomic mass is 9.99. The Bertz CT molecular complexity index is 2030. The van der Waals surface area contributed by atoms with Crippen LogP contribution in [0.3, 0.4) is 0 Å². The van der Waals surface area contributed by atoms with E-state index < -0.39 is 97.5 Å². The summed E-state index contributed by atoms with van der Waals surface area (Å²) in [5.74, 6) is -1.26. The molecule has 0 fully saturated rings. The SMILES string of the molecule is CCCCCCCCCCCCCCCCCCCCCCCCC(=O)O[C@H](COC(=O)CCCCCCCCCCCCCCCCCCCCC)COP(=O)(O)OC[C@@H](O)COP(=O)(O)OC[C@@H](COC(=O)CCCCCCCCCC)OC(=O)CCCCCCCCCCCCCCCCC(C)CC. The maximum absolute atomic E-state index is 13.2. The van der Waals surface area contributed by atoms with Crippen molar-refractivity contribution in [3.8, 4) is 0 Å². The third kappa shape index (κ3) is 80.5. The lowest BCUT2D eigenvalue weighted by molar-refractivity contribution is -0.161. The summed E-state index contributed by atoms with van der Waals surface area (Å²) in [6, 6.07) is 0. The fourth-order valence-corrected chi connectivity index (χ4v) is 15.4. The molecule has 0 aliphatic rings. The smallest absolute Gasteiger partial charge is 0.462 e. The van der Waals surface area contributed by atoms with E-state index in [9.17, 15) is 43.2 Å². The van der Waals surface area contributed by atoms with Crippen LogP contribution in [0.5, 0.6) is 0 Å². The normalized spacial score (nSPS) is 14.0. The van der Waals surface area contributed by atoms with Gasteiger partial charge in [-0.15, -0.1) is 0 Å². The molecule has 3 N–H and O–H groups in total. The number of esters is 4. The Balaban J connectivity index is 5.18. The maximum atomic E-state index is 13.2. The first kappa shape index (κ1) is 105. The van der Waals surface area contributed by atoms with Gasteiger partial charge in [-0.3, -0.25) is 37.3 Å². The fraction of sp³-hybridized carbons (Fsp3) is 0.955. The zero-order valence-corrected chi connectivity index (χ0v) is 72.1. The van der Waals surface area contributed by atoms with Crippen molar-refractivity contribution in [2.45, 2.75) is 496 Å². The standard InChI is InChI=1S/C88H172O17P2/c1-6-10-13-16-19-22-24-26-28-30-32-33-34-36-38-40-45-49-53-58-63-68-73-88(93)105-84(78-99-86(91)72-67-62-57-52-48-44-39-37-35-31-29-27-25-23-20-17-14-11-7-2)80-103-107(96,97)101-76-82(89)75-100-106(94,95)102-79-83(77-98-85(90)71-66-61-56-21-18-15-12-8-3)104-87(92)74-69-64-59-54-50-46-42-41-43-47-51-55-60-65-70-81(5)9-4/h81-84,89H,6-80H2,1-5H3,(H,94,95)(H,96,97)/t81?,82-,83+,84+/m0/s1. The molecule has 3 unspecified atom stereocenters. The molecule has 0 saturated carbocycles. The van der Waals surface area contributed by atoms with Crippen molar-refractivity contribution in [2.75, 3.05) is 39.6 Å². The molecular weight excluding hydrogens is 1390 g/mol. The minimum atomic E-state index is -4.97. The number of carbonyl (C=O) groups is 4. The number of aliphatic hydroxyl groups is 1. The second kappa shape index (κ2) is 80.7. The minimum absolute atomic E-state index is 0.108. The molecule has 0 amide bonds. The van der Waals surface area contributed by atoms with E-state index in [1.807, 2.05) is 0 Å². The van der Waals surface area contributed by atoms with Crippen molar-refractivity contribution < 1.29 is 80.2 Å². The number of aliphatic hydroxyl groups excluding tert-OH is 1. The Morgan fingerprint density at radius 2 is 0.449 bits per heavy atom. The minimum Gasteiger partial charge on any atom is -0.462 e. The van der Waals surface area contributed by atoms with Crippen LogP contribution in [-0.2, 0) is 65.4 Å². The monoisotopic (exact) mass is 1560 g/mol. The Kier molecular flexibility index (Phi) is 79.2. The highest BCUT2D eigenvalue weighted by atomic mass is 31.2. The molecular formula is C88H172O17P2. The molecule has 0 aromatic heterocycles. The van der Waals surface area contributed by atoms with Crippen molar-refractivity contribution in [1.82, 2.24) is 0 Å². The summed E-state index contributed by atoms with van der Waals surface area (Å²) in [5.41, 5.74) is 0. The Hall–Kier alpha value is -1.94. The maximum Gasteiger partial charge on any atom is 0.472 e. The number of ether oxygens (including phenoxy) is 4. The van der Waals surface area contributed by atoms with Gasteiger partial charge in [-0.25, -0.2) is 9.13 Å². The average Bonchev–Trinajstić information content (AvgIpc) is 0.901. The van der Waals surface area contributed by atoms with Crippen molar-refractivity contribution >= 4 is 39.5 Å². The number of carbonyl (C=O) groups excluding carboxylic acids is 4. The molecule has 0 rings (SSSR count). The van der Waals surface area contributed by atoms with Gasteiger partial charge in [0.2, 0.25) is 0 Å². The van der Waals surface area contributed by atoms with Crippen LogP contribution in [0.15, 0.2) is 0 Å². The molecule has 6 atom stereocenters. The van der Waals surface area contributed by atoms with Crippen LogP contribution in [-0.4, -0.2) is 96.7 Å². The first-order valence-corrected chi connectivity index (χ1v) is 48.7. The van der Waals surface area contributed by atoms with Crippen molar-refractivity contribution in [3.63, 3.8) is 0 Å². The average molecular weight is 1560 g/mol. The van der Waals surface area contributed by atoms with E-state index in [0.717, 1.165) is 102 Å². The molecule has 0 aromatic carbocycles. The Labute approximate surface area is 658 Å². The molecule has 0 saturated heterocycles. The summed E-state index contributed by atoms with van der Waals surface area (Å²) in [4.78, 5) is 73.2. The van der Waals surface area contributed by atoms with Crippen LogP contribution in [0.1, 0.15) is 478 Å².